The number of hydrazine groups is 2. The molecule has 3 aromatic rings. The Morgan fingerprint density at radius 1 is 0.898 bits per heavy atom. The highest BCUT2D eigenvalue weighted by molar-refractivity contribution is 5.87. The predicted octanol–water partition coefficient (Wildman–Crippen LogP) is 4.84. The number of rotatable bonds is 11. The zero-order chi connectivity index (χ0) is 36.6. The third-order valence-corrected chi connectivity index (χ3v) is 7.27. The van der Waals surface area contributed by atoms with Crippen molar-refractivity contribution < 1.29 is 29.0 Å². The summed E-state index contributed by atoms with van der Waals surface area (Å²) in [6.45, 7) is 16.4. The Morgan fingerprint density at radius 2 is 1.53 bits per heavy atom. The maximum absolute atomic E-state index is 14.4. The van der Waals surface area contributed by atoms with Crippen molar-refractivity contribution in [3.8, 4) is 11.4 Å². The van der Waals surface area contributed by atoms with Gasteiger partial charge in [0.05, 0.1) is 18.8 Å². The van der Waals surface area contributed by atoms with Crippen molar-refractivity contribution in [1.29, 1.82) is 0 Å². The minimum absolute atomic E-state index is 0.0489. The van der Waals surface area contributed by atoms with Gasteiger partial charge in [0.1, 0.15) is 11.6 Å². The molecule has 14 nitrogen and oxygen atoms in total. The Hall–Kier alpha value is -4.56. The molecule has 0 spiro atoms. The number of nitrogens with zero attached hydrogens (tertiary/aromatic N) is 6. The maximum Gasteiger partial charge on any atom is 0.427 e. The van der Waals surface area contributed by atoms with Gasteiger partial charge in [0.25, 0.3) is 5.91 Å². The average Bonchev–Trinajstić information content (AvgIpc) is 3.52. The first kappa shape index (κ1) is 38.9. The molecule has 0 saturated carbocycles. The van der Waals surface area contributed by atoms with E-state index < -0.39 is 41.3 Å². The SMILES string of the molecule is COC(=O)N[C@H](C(=O)N(NC(=O)OC(C)(C)C)N(Cc1ccc(-c2nnn(C(C)(C)C)n2)cc1)C[C@@H](O)CCc1ccccc1)C(C)(C)C. The molecule has 0 fully saturated rings. The fourth-order valence-electron chi connectivity index (χ4n) is 4.71. The van der Waals surface area contributed by atoms with E-state index in [-0.39, 0.29) is 18.6 Å². The molecular formula is C35H52N8O6. The number of carbonyl (C=O) groups is 3. The second-order valence-electron chi connectivity index (χ2n) is 15.0. The second-order valence-corrected chi connectivity index (χ2v) is 15.0. The molecule has 49 heavy (non-hydrogen) atoms. The molecule has 0 unspecified atom stereocenters. The van der Waals surface area contributed by atoms with Crippen LogP contribution < -0.4 is 10.7 Å². The van der Waals surface area contributed by atoms with E-state index in [4.69, 9.17) is 9.47 Å². The number of aliphatic hydroxyl groups is 1. The smallest absolute Gasteiger partial charge is 0.427 e. The van der Waals surface area contributed by atoms with Gasteiger partial charge in [0.15, 0.2) is 0 Å². The van der Waals surface area contributed by atoms with Gasteiger partial charge in [-0.3, -0.25) is 4.79 Å². The molecule has 0 aliphatic rings. The van der Waals surface area contributed by atoms with Crippen molar-refractivity contribution in [3.63, 3.8) is 0 Å². The number of aryl methyl sites for hydroxylation is 1. The number of amides is 3. The van der Waals surface area contributed by atoms with E-state index >= 15 is 0 Å². The molecule has 14 heteroatoms. The predicted molar refractivity (Wildman–Crippen MR) is 184 cm³/mol. The number of methoxy groups -OCH3 is 1. The molecule has 268 valence electrons. The molecule has 0 aliphatic heterocycles. The van der Waals surface area contributed by atoms with Gasteiger partial charge in [-0.05, 0) is 76.1 Å². The number of hydrogen-bond acceptors (Lipinski definition) is 10. The van der Waals surface area contributed by atoms with E-state index in [2.05, 4.69) is 26.2 Å². The van der Waals surface area contributed by atoms with Crippen molar-refractivity contribution in [2.75, 3.05) is 13.7 Å². The molecular weight excluding hydrogens is 628 g/mol. The van der Waals surface area contributed by atoms with Gasteiger partial charge < -0.3 is 19.9 Å². The Bertz CT molecular complexity index is 1520. The molecule has 0 radical (unpaired) electrons. The summed E-state index contributed by atoms with van der Waals surface area (Å²) in [5.74, 6) is -0.210. The summed E-state index contributed by atoms with van der Waals surface area (Å²) in [6, 6.07) is 16.0. The standard InChI is InChI=1S/C35H52N8O6/c1-33(2,3)28(36-31(46)48-10)30(45)42(39-32(47)49-35(7,8)9)41(23-27(44)21-18-24-14-12-11-13-15-24)22-25-16-19-26(20-17-25)29-37-40-43(38-29)34(4,5)6/h11-17,19-20,27-28,44H,18,21-23H2,1-10H3,(H,36,46)(H,39,47)/t27-,28+/m0/s1. The van der Waals surface area contributed by atoms with Gasteiger partial charge >= 0.3 is 12.2 Å². The largest absolute Gasteiger partial charge is 0.453 e. The van der Waals surface area contributed by atoms with Crippen molar-refractivity contribution in [3.05, 3.63) is 65.7 Å². The number of tetrazole rings is 1. The van der Waals surface area contributed by atoms with E-state index in [1.165, 1.54) is 12.1 Å². The Balaban J connectivity index is 2.01. The summed E-state index contributed by atoms with van der Waals surface area (Å²) >= 11 is 0. The molecule has 0 bridgehead atoms. The lowest BCUT2D eigenvalue weighted by Crippen LogP contribution is -2.64. The van der Waals surface area contributed by atoms with E-state index in [1.807, 2.05) is 75.4 Å². The number of ether oxygens (including phenoxy) is 2. The number of alkyl carbamates (subject to hydrolysis) is 1. The Morgan fingerprint density at radius 3 is 2.06 bits per heavy atom. The molecule has 2 aromatic carbocycles. The summed E-state index contributed by atoms with van der Waals surface area (Å²) < 4.78 is 10.3. The van der Waals surface area contributed by atoms with E-state index in [9.17, 15) is 19.5 Å². The van der Waals surface area contributed by atoms with Crippen LogP contribution in [-0.4, -0.2) is 84.9 Å². The van der Waals surface area contributed by atoms with E-state index in [0.717, 1.165) is 21.8 Å². The van der Waals surface area contributed by atoms with Gasteiger partial charge in [-0.2, -0.15) is 14.9 Å². The normalized spacial score (nSPS) is 13.4. The number of aliphatic hydroxyl groups excluding tert-OH is 1. The summed E-state index contributed by atoms with van der Waals surface area (Å²) in [4.78, 5) is 41.5. The molecule has 1 heterocycles. The summed E-state index contributed by atoms with van der Waals surface area (Å²) in [5.41, 5.74) is 3.11. The fourth-order valence-corrected chi connectivity index (χ4v) is 4.71. The zero-order valence-corrected chi connectivity index (χ0v) is 30.4. The van der Waals surface area contributed by atoms with Crippen molar-refractivity contribution in [2.24, 2.45) is 5.41 Å². The van der Waals surface area contributed by atoms with Crippen LogP contribution in [0.25, 0.3) is 11.4 Å². The van der Waals surface area contributed by atoms with E-state index in [0.29, 0.717) is 18.7 Å². The molecule has 0 saturated heterocycles. The van der Waals surface area contributed by atoms with Crippen LogP contribution in [0.2, 0.25) is 0 Å². The van der Waals surface area contributed by atoms with Crippen LogP contribution in [-0.2, 0) is 32.8 Å². The molecule has 1 aromatic heterocycles. The zero-order valence-electron chi connectivity index (χ0n) is 30.4. The molecule has 3 N–H and O–H groups in total. The van der Waals surface area contributed by atoms with Crippen molar-refractivity contribution in [1.82, 2.24) is 41.1 Å². The maximum atomic E-state index is 14.4. The summed E-state index contributed by atoms with van der Waals surface area (Å²) in [6.07, 6.45) is -1.64. The summed E-state index contributed by atoms with van der Waals surface area (Å²) in [5, 5.41) is 29.3. The number of benzene rings is 2. The van der Waals surface area contributed by atoms with Gasteiger partial charge in [-0.1, -0.05) is 75.4 Å². The third-order valence-electron chi connectivity index (χ3n) is 7.27. The minimum Gasteiger partial charge on any atom is -0.453 e. The average molecular weight is 681 g/mol. The Labute approximate surface area is 289 Å². The summed E-state index contributed by atoms with van der Waals surface area (Å²) in [7, 11) is 1.20. The van der Waals surface area contributed by atoms with Gasteiger partial charge in [0, 0.05) is 18.7 Å². The first-order chi connectivity index (χ1) is 22.8. The van der Waals surface area contributed by atoms with E-state index in [1.54, 1.807) is 46.3 Å². The van der Waals surface area contributed by atoms with Crippen LogP contribution in [0.15, 0.2) is 54.6 Å². The number of carbonyl (C=O) groups excluding carboxylic acids is 3. The lowest BCUT2D eigenvalue weighted by atomic mass is 9.86. The van der Waals surface area contributed by atoms with Crippen LogP contribution >= 0.6 is 0 Å². The molecule has 3 rings (SSSR count). The van der Waals surface area contributed by atoms with Crippen molar-refractivity contribution in [2.45, 2.75) is 105 Å². The van der Waals surface area contributed by atoms with Crippen LogP contribution in [0.4, 0.5) is 9.59 Å². The number of aromatic nitrogens is 4. The van der Waals surface area contributed by atoms with Crippen LogP contribution in [0, 0.1) is 5.41 Å². The monoisotopic (exact) mass is 680 g/mol. The fraction of sp³-hybridized carbons (Fsp3) is 0.543. The lowest BCUT2D eigenvalue weighted by molar-refractivity contribution is -0.167. The number of nitrogens with one attached hydrogen (secondary N) is 2. The topological polar surface area (TPSA) is 164 Å². The van der Waals surface area contributed by atoms with Crippen LogP contribution in [0.1, 0.15) is 79.9 Å². The number of hydrogen-bond donors (Lipinski definition) is 3. The van der Waals surface area contributed by atoms with Gasteiger partial charge in [-0.15, -0.1) is 10.2 Å². The van der Waals surface area contributed by atoms with Crippen molar-refractivity contribution >= 4 is 18.1 Å². The molecule has 0 aliphatic carbocycles. The van der Waals surface area contributed by atoms with Gasteiger partial charge in [0.2, 0.25) is 5.82 Å². The minimum atomic E-state index is -1.14. The Kier molecular flexibility index (Phi) is 12.9. The van der Waals surface area contributed by atoms with Gasteiger partial charge in [-0.25, -0.2) is 15.0 Å². The lowest BCUT2D eigenvalue weighted by Gasteiger charge is -2.40. The molecule has 3 amide bonds. The highest BCUT2D eigenvalue weighted by atomic mass is 16.6. The van der Waals surface area contributed by atoms with Crippen LogP contribution in [0.3, 0.4) is 0 Å². The molecule has 2 atom stereocenters. The highest BCUT2D eigenvalue weighted by Crippen LogP contribution is 2.24. The first-order valence-corrected chi connectivity index (χ1v) is 16.3. The second kappa shape index (κ2) is 16.2. The quantitative estimate of drug-likeness (QED) is 0.239. The first-order valence-electron chi connectivity index (χ1n) is 16.3. The van der Waals surface area contributed by atoms with Crippen LogP contribution in [0.5, 0.6) is 0 Å². The third kappa shape index (κ3) is 12.1. The highest BCUT2D eigenvalue weighted by Gasteiger charge is 2.40.